The van der Waals surface area contributed by atoms with E-state index in [0.717, 1.165) is 15.7 Å². The van der Waals surface area contributed by atoms with Gasteiger partial charge in [-0.3, -0.25) is 4.98 Å². The van der Waals surface area contributed by atoms with E-state index in [4.69, 9.17) is 10.5 Å². The van der Waals surface area contributed by atoms with Gasteiger partial charge in [-0.25, -0.2) is 4.98 Å². The van der Waals surface area contributed by atoms with Crippen LogP contribution in [0.3, 0.4) is 0 Å². The van der Waals surface area contributed by atoms with Crippen LogP contribution in [-0.2, 0) is 0 Å². The van der Waals surface area contributed by atoms with Gasteiger partial charge in [0.05, 0.1) is 34.1 Å². The molecule has 106 valence electrons. The highest BCUT2D eigenvalue weighted by Crippen LogP contribution is 2.23. The quantitative estimate of drug-likeness (QED) is 0.591. The molecule has 0 atom stereocenters. The van der Waals surface area contributed by atoms with Crippen molar-refractivity contribution in [1.82, 2.24) is 9.97 Å². The fourth-order valence-corrected chi connectivity index (χ4v) is 2.27. The molecule has 0 spiro atoms. The fourth-order valence-electron chi connectivity index (χ4n) is 2.00. The maximum Gasteiger partial charge on any atom is 0.101 e. The zero-order chi connectivity index (χ0) is 14.8. The Morgan fingerprint density at radius 3 is 2.09 bits per heavy atom. The predicted octanol–water partition coefficient (Wildman–Crippen LogP) is 4.38. The van der Waals surface area contributed by atoms with Crippen LogP contribution in [0.15, 0.2) is 47.1 Å². The van der Waals surface area contributed by atoms with Crippen molar-refractivity contribution in [2.45, 2.75) is 0 Å². The van der Waals surface area contributed by atoms with Crippen molar-refractivity contribution in [2.75, 3.05) is 0 Å². The molecule has 1 heterocycles. The molecule has 0 radical (unpaired) electrons. The molecule has 1 aromatic heterocycles. The molecular weight excluding hydrogens is 408 g/mol. The lowest BCUT2D eigenvalue weighted by Gasteiger charge is -2.04. The fraction of sp³-hybridized carbons (Fsp3) is 0. The van der Waals surface area contributed by atoms with Gasteiger partial charge < -0.3 is 0 Å². The highest BCUT2D eigenvalue weighted by Gasteiger charge is 2.08. The number of fused-ring (bicyclic) bond motifs is 1. The molecule has 6 heteroatoms. The highest BCUT2D eigenvalue weighted by molar-refractivity contribution is 9.10. The minimum absolute atomic E-state index is 0. The first-order chi connectivity index (χ1) is 10.2. The second-order valence-corrected chi connectivity index (χ2v) is 5.29. The lowest BCUT2D eigenvalue weighted by molar-refractivity contribution is 1.28. The first kappa shape index (κ1) is 16.1. The second kappa shape index (κ2) is 6.65. The molecule has 4 nitrogen and oxygen atoms in total. The molecule has 2 aromatic carbocycles. The number of benzene rings is 2. The average Bonchev–Trinajstić information content (AvgIpc) is 2.53. The number of halogens is 2. The van der Waals surface area contributed by atoms with Crippen molar-refractivity contribution in [2.24, 2.45) is 0 Å². The molecule has 0 aliphatic heterocycles. The van der Waals surface area contributed by atoms with Crippen molar-refractivity contribution >= 4 is 43.9 Å². The smallest absolute Gasteiger partial charge is 0.101 e. The first-order valence-corrected chi connectivity index (χ1v) is 6.87. The summed E-state index contributed by atoms with van der Waals surface area (Å²) in [7, 11) is 0. The van der Waals surface area contributed by atoms with Crippen molar-refractivity contribution in [1.29, 1.82) is 10.5 Å². The van der Waals surface area contributed by atoms with Crippen LogP contribution in [-0.4, -0.2) is 9.97 Å². The summed E-state index contributed by atoms with van der Waals surface area (Å²) >= 11 is 3.39. The van der Waals surface area contributed by atoms with Gasteiger partial charge in [-0.05, 0) is 24.3 Å². The number of nitrogens with zero attached hydrogens (tertiary/aromatic N) is 4. The van der Waals surface area contributed by atoms with Crippen molar-refractivity contribution in [3.8, 4) is 23.4 Å². The summed E-state index contributed by atoms with van der Waals surface area (Å²) < 4.78 is 0.991. The van der Waals surface area contributed by atoms with E-state index in [0.29, 0.717) is 22.2 Å². The van der Waals surface area contributed by atoms with Gasteiger partial charge in [0.1, 0.15) is 12.1 Å². The van der Waals surface area contributed by atoms with E-state index in [1.165, 1.54) is 0 Å². The lowest BCUT2D eigenvalue weighted by atomic mass is 10.1. The van der Waals surface area contributed by atoms with Crippen molar-refractivity contribution in [3.05, 3.63) is 58.2 Å². The van der Waals surface area contributed by atoms with Crippen LogP contribution in [0.4, 0.5) is 0 Å². The second-order valence-electron chi connectivity index (χ2n) is 4.37. The Bertz CT molecular complexity index is 922. The van der Waals surface area contributed by atoms with E-state index < -0.39 is 0 Å². The van der Waals surface area contributed by atoms with Gasteiger partial charge in [-0.2, -0.15) is 10.5 Å². The number of hydrogen-bond donors (Lipinski definition) is 0. The standard InChI is InChI=1S/C16H7BrN4.BrH/c17-13-3-1-10(2-4-13)16-9-20-14-5-11(7-18)12(8-19)6-15(14)21-16;/h1-6,9H;1H. The number of hydrogen-bond acceptors (Lipinski definition) is 4. The Morgan fingerprint density at radius 2 is 1.50 bits per heavy atom. The molecule has 0 N–H and O–H groups in total. The summed E-state index contributed by atoms with van der Waals surface area (Å²) in [6.07, 6.45) is 1.67. The van der Waals surface area contributed by atoms with Gasteiger partial charge in [-0.15, -0.1) is 17.0 Å². The Labute approximate surface area is 146 Å². The molecule has 0 aliphatic rings. The van der Waals surface area contributed by atoms with Crippen LogP contribution >= 0.6 is 32.9 Å². The van der Waals surface area contributed by atoms with Crippen LogP contribution in [0.1, 0.15) is 11.1 Å². The Hall–Kier alpha value is -2.28. The van der Waals surface area contributed by atoms with Gasteiger partial charge in [0, 0.05) is 10.0 Å². The van der Waals surface area contributed by atoms with E-state index in [9.17, 15) is 0 Å². The van der Waals surface area contributed by atoms with E-state index >= 15 is 0 Å². The van der Waals surface area contributed by atoms with Gasteiger partial charge in [0.2, 0.25) is 0 Å². The molecule has 3 aromatic rings. The largest absolute Gasteiger partial charge is 0.252 e. The zero-order valence-electron chi connectivity index (χ0n) is 11.1. The van der Waals surface area contributed by atoms with Crippen molar-refractivity contribution in [3.63, 3.8) is 0 Å². The van der Waals surface area contributed by atoms with Crippen molar-refractivity contribution < 1.29 is 0 Å². The Balaban J connectivity index is 0.00000176. The van der Waals surface area contributed by atoms with Gasteiger partial charge >= 0.3 is 0 Å². The monoisotopic (exact) mass is 414 g/mol. The summed E-state index contributed by atoms with van der Waals surface area (Å²) in [5.74, 6) is 0. The summed E-state index contributed by atoms with van der Waals surface area (Å²) in [6, 6.07) is 14.9. The van der Waals surface area contributed by atoms with Gasteiger partial charge in [-0.1, -0.05) is 28.1 Å². The molecule has 22 heavy (non-hydrogen) atoms. The average molecular weight is 416 g/mol. The van der Waals surface area contributed by atoms with Crippen LogP contribution in [0.5, 0.6) is 0 Å². The number of rotatable bonds is 1. The third-order valence-corrected chi connectivity index (χ3v) is 3.59. The molecule has 3 rings (SSSR count). The van der Waals surface area contributed by atoms with E-state index in [1.54, 1.807) is 18.3 Å². The Morgan fingerprint density at radius 1 is 0.909 bits per heavy atom. The summed E-state index contributed by atoms with van der Waals surface area (Å²) in [6.45, 7) is 0. The maximum absolute atomic E-state index is 9.07. The molecule has 0 saturated carbocycles. The summed E-state index contributed by atoms with van der Waals surface area (Å²) in [5.41, 5.74) is 3.50. The van der Waals surface area contributed by atoms with Gasteiger partial charge in [0.15, 0.2) is 0 Å². The van der Waals surface area contributed by atoms with E-state index in [-0.39, 0.29) is 17.0 Å². The predicted molar refractivity (Wildman–Crippen MR) is 92.4 cm³/mol. The zero-order valence-corrected chi connectivity index (χ0v) is 14.4. The minimum Gasteiger partial charge on any atom is -0.252 e. The molecule has 0 fully saturated rings. The highest BCUT2D eigenvalue weighted by atomic mass is 79.9. The van der Waals surface area contributed by atoms with E-state index in [2.05, 4.69) is 25.9 Å². The summed E-state index contributed by atoms with van der Waals surface area (Å²) in [5, 5.41) is 18.1. The Kier molecular flexibility index (Phi) is 4.87. The lowest BCUT2D eigenvalue weighted by Crippen LogP contribution is -1.92. The van der Waals surface area contributed by atoms with Crippen LogP contribution in [0.25, 0.3) is 22.3 Å². The molecule has 0 bridgehead atoms. The van der Waals surface area contributed by atoms with Crippen LogP contribution in [0, 0.1) is 22.7 Å². The van der Waals surface area contributed by atoms with Crippen LogP contribution in [0.2, 0.25) is 0 Å². The first-order valence-electron chi connectivity index (χ1n) is 6.08. The normalized spacial score (nSPS) is 9.59. The van der Waals surface area contributed by atoms with E-state index in [1.807, 2.05) is 36.4 Å². The molecule has 0 unspecified atom stereocenters. The molecule has 0 amide bonds. The van der Waals surface area contributed by atoms with Crippen LogP contribution < -0.4 is 0 Å². The van der Waals surface area contributed by atoms with Gasteiger partial charge in [0.25, 0.3) is 0 Å². The third-order valence-electron chi connectivity index (χ3n) is 3.06. The summed E-state index contributed by atoms with van der Waals surface area (Å²) in [4.78, 5) is 8.85. The number of nitriles is 2. The number of aromatic nitrogens is 2. The minimum atomic E-state index is 0. The third kappa shape index (κ3) is 2.99. The molecule has 0 saturated heterocycles. The maximum atomic E-state index is 9.07. The molecular formula is C16H8Br2N4. The molecule has 0 aliphatic carbocycles. The SMILES string of the molecule is Br.N#Cc1cc2ncc(-c3ccc(Br)cc3)nc2cc1C#N. The topological polar surface area (TPSA) is 73.4 Å².